The van der Waals surface area contributed by atoms with E-state index in [2.05, 4.69) is 43.1 Å². The molecule has 0 unspecified atom stereocenters. The van der Waals surface area contributed by atoms with Crippen LogP contribution in [0.25, 0.3) is 10.6 Å². The SMILES string of the molecule is COc1ccccc1CC(=O)N(CC(C)C)c1nnc(-c2ccc(C)cc2)s1. The van der Waals surface area contributed by atoms with Crippen LogP contribution < -0.4 is 9.64 Å². The minimum Gasteiger partial charge on any atom is -0.496 e. The van der Waals surface area contributed by atoms with Crippen LogP contribution in [-0.4, -0.2) is 29.8 Å². The first-order chi connectivity index (χ1) is 13.5. The predicted octanol–water partition coefficient (Wildman–Crippen LogP) is 4.75. The Labute approximate surface area is 170 Å². The van der Waals surface area contributed by atoms with Crippen LogP contribution in [0.4, 0.5) is 5.13 Å². The first-order valence-corrected chi connectivity index (χ1v) is 10.1. The van der Waals surface area contributed by atoms with Crippen molar-refractivity contribution >= 4 is 22.4 Å². The molecule has 0 aliphatic heterocycles. The summed E-state index contributed by atoms with van der Waals surface area (Å²) in [5.41, 5.74) is 3.07. The number of aryl methyl sites for hydroxylation is 1. The minimum absolute atomic E-state index is 0.00944. The van der Waals surface area contributed by atoms with E-state index in [1.807, 2.05) is 36.4 Å². The summed E-state index contributed by atoms with van der Waals surface area (Å²) in [6, 6.07) is 15.8. The highest BCUT2D eigenvalue weighted by molar-refractivity contribution is 7.18. The van der Waals surface area contributed by atoms with Gasteiger partial charge in [0.1, 0.15) is 10.8 Å². The van der Waals surface area contributed by atoms with E-state index in [4.69, 9.17) is 4.74 Å². The summed E-state index contributed by atoms with van der Waals surface area (Å²) in [6.07, 6.45) is 0.260. The normalized spacial score (nSPS) is 10.9. The van der Waals surface area contributed by atoms with Crippen molar-refractivity contribution in [3.63, 3.8) is 0 Å². The highest BCUT2D eigenvalue weighted by atomic mass is 32.1. The molecule has 0 fully saturated rings. The summed E-state index contributed by atoms with van der Waals surface area (Å²) >= 11 is 1.44. The van der Waals surface area contributed by atoms with Crippen molar-refractivity contribution in [2.75, 3.05) is 18.6 Å². The van der Waals surface area contributed by atoms with E-state index in [0.29, 0.717) is 17.6 Å². The van der Waals surface area contributed by atoms with Gasteiger partial charge < -0.3 is 4.74 Å². The largest absolute Gasteiger partial charge is 0.496 e. The Hall–Kier alpha value is -2.73. The molecule has 1 amide bonds. The van der Waals surface area contributed by atoms with Gasteiger partial charge in [-0.25, -0.2) is 0 Å². The zero-order valence-electron chi connectivity index (χ0n) is 16.7. The lowest BCUT2D eigenvalue weighted by atomic mass is 10.1. The first-order valence-electron chi connectivity index (χ1n) is 9.30. The van der Waals surface area contributed by atoms with Crippen LogP contribution in [0.3, 0.4) is 0 Å². The van der Waals surface area contributed by atoms with Crippen LogP contribution in [0, 0.1) is 12.8 Å². The molecule has 0 saturated heterocycles. The van der Waals surface area contributed by atoms with E-state index in [0.717, 1.165) is 21.9 Å². The van der Waals surface area contributed by atoms with Crippen LogP contribution in [-0.2, 0) is 11.2 Å². The summed E-state index contributed by atoms with van der Waals surface area (Å²) in [6.45, 7) is 6.82. The van der Waals surface area contributed by atoms with Gasteiger partial charge in [-0.05, 0) is 18.9 Å². The van der Waals surface area contributed by atoms with Gasteiger partial charge in [-0.15, -0.1) is 10.2 Å². The molecule has 0 bridgehead atoms. The zero-order valence-corrected chi connectivity index (χ0v) is 17.5. The highest BCUT2D eigenvalue weighted by Gasteiger charge is 2.22. The van der Waals surface area contributed by atoms with E-state index in [-0.39, 0.29) is 12.3 Å². The van der Waals surface area contributed by atoms with Crippen molar-refractivity contribution in [3.8, 4) is 16.3 Å². The number of para-hydroxylation sites is 1. The second kappa shape index (κ2) is 8.97. The third-order valence-corrected chi connectivity index (χ3v) is 5.32. The number of carbonyl (C=O) groups is 1. The molecule has 0 radical (unpaired) electrons. The minimum atomic E-state index is -0.00944. The van der Waals surface area contributed by atoms with E-state index in [1.54, 1.807) is 12.0 Å². The molecular weight excluding hydrogens is 370 g/mol. The van der Waals surface area contributed by atoms with Crippen molar-refractivity contribution in [3.05, 3.63) is 59.7 Å². The number of benzene rings is 2. The van der Waals surface area contributed by atoms with Crippen LogP contribution >= 0.6 is 11.3 Å². The van der Waals surface area contributed by atoms with Gasteiger partial charge in [0.05, 0.1) is 13.5 Å². The Kier molecular flexibility index (Phi) is 6.41. The van der Waals surface area contributed by atoms with Crippen LogP contribution in [0.15, 0.2) is 48.5 Å². The van der Waals surface area contributed by atoms with Crippen molar-refractivity contribution in [2.45, 2.75) is 27.2 Å². The number of hydrogen-bond donors (Lipinski definition) is 0. The number of hydrogen-bond acceptors (Lipinski definition) is 5. The molecule has 28 heavy (non-hydrogen) atoms. The number of ether oxygens (including phenoxy) is 1. The zero-order chi connectivity index (χ0) is 20.1. The van der Waals surface area contributed by atoms with E-state index in [9.17, 15) is 4.79 Å². The molecule has 3 aromatic rings. The van der Waals surface area contributed by atoms with E-state index < -0.39 is 0 Å². The van der Waals surface area contributed by atoms with Gasteiger partial charge in [-0.3, -0.25) is 9.69 Å². The summed E-state index contributed by atoms with van der Waals surface area (Å²) in [5.74, 6) is 1.02. The Morgan fingerprint density at radius 2 is 1.82 bits per heavy atom. The standard InChI is InChI=1S/C22H25N3O2S/c1-15(2)14-25(20(26)13-18-7-5-6-8-19(18)27-4)22-24-23-21(28-22)17-11-9-16(3)10-12-17/h5-12,15H,13-14H2,1-4H3. The van der Waals surface area contributed by atoms with Gasteiger partial charge in [0.25, 0.3) is 0 Å². The van der Waals surface area contributed by atoms with Crippen molar-refractivity contribution < 1.29 is 9.53 Å². The average molecular weight is 396 g/mol. The Bertz CT molecular complexity index is 935. The molecule has 0 aliphatic carbocycles. The second-order valence-electron chi connectivity index (χ2n) is 7.14. The smallest absolute Gasteiger partial charge is 0.233 e. The van der Waals surface area contributed by atoms with Gasteiger partial charge in [0.2, 0.25) is 11.0 Å². The molecule has 3 rings (SSSR count). The van der Waals surface area contributed by atoms with Gasteiger partial charge >= 0.3 is 0 Å². The summed E-state index contributed by atoms with van der Waals surface area (Å²) in [5, 5.41) is 10.1. The molecule has 0 saturated carbocycles. The fraction of sp³-hybridized carbons (Fsp3) is 0.318. The monoisotopic (exact) mass is 395 g/mol. The molecule has 5 nitrogen and oxygen atoms in total. The molecular formula is C22H25N3O2S. The topological polar surface area (TPSA) is 55.3 Å². The molecule has 0 N–H and O–H groups in total. The van der Waals surface area contributed by atoms with Gasteiger partial charge in [-0.1, -0.05) is 73.2 Å². The number of carbonyl (C=O) groups excluding carboxylic acids is 1. The Morgan fingerprint density at radius 1 is 1.11 bits per heavy atom. The predicted molar refractivity (Wildman–Crippen MR) is 114 cm³/mol. The molecule has 0 aliphatic rings. The van der Waals surface area contributed by atoms with Gasteiger partial charge in [0, 0.05) is 17.7 Å². The molecule has 146 valence electrons. The number of methoxy groups -OCH3 is 1. The van der Waals surface area contributed by atoms with E-state index >= 15 is 0 Å². The third-order valence-electron chi connectivity index (χ3n) is 4.33. The lowest BCUT2D eigenvalue weighted by Gasteiger charge is -2.22. The maximum atomic E-state index is 13.1. The quantitative estimate of drug-likeness (QED) is 0.579. The number of rotatable bonds is 7. The van der Waals surface area contributed by atoms with Gasteiger partial charge in [0.15, 0.2) is 0 Å². The highest BCUT2D eigenvalue weighted by Crippen LogP contribution is 2.30. The van der Waals surface area contributed by atoms with Crippen LogP contribution in [0.5, 0.6) is 5.75 Å². The van der Waals surface area contributed by atoms with Crippen LogP contribution in [0.1, 0.15) is 25.0 Å². The average Bonchev–Trinajstić information content (AvgIpc) is 3.16. The number of nitrogens with zero attached hydrogens (tertiary/aromatic N) is 3. The summed E-state index contributed by atoms with van der Waals surface area (Å²) < 4.78 is 5.39. The molecule has 6 heteroatoms. The maximum Gasteiger partial charge on any atom is 0.233 e. The van der Waals surface area contributed by atoms with Crippen molar-refractivity contribution in [1.29, 1.82) is 0 Å². The molecule has 1 aromatic heterocycles. The number of aromatic nitrogens is 2. The Morgan fingerprint density at radius 3 is 2.50 bits per heavy atom. The fourth-order valence-corrected chi connectivity index (χ4v) is 3.77. The summed E-state index contributed by atoms with van der Waals surface area (Å²) in [7, 11) is 1.62. The Balaban J connectivity index is 1.86. The molecule has 0 spiro atoms. The van der Waals surface area contributed by atoms with E-state index in [1.165, 1.54) is 16.9 Å². The second-order valence-corrected chi connectivity index (χ2v) is 8.10. The lowest BCUT2D eigenvalue weighted by molar-refractivity contribution is -0.118. The maximum absolute atomic E-state index is 13.1. The lowest BCUT2D eigenvalue weighted by Crippen LogP contribution is -2.35. The summed E-state index contributed by atoms with van der Waals surface area (Å²) in [4.78, 5) is 14.9. The van der Waals surface area contributed by atoms with Crippen molar-refractivity contribution in [2.24, 2.45) is 5.92 Å². The fourth-order valence-electron chi connectivity index (χ4n) is 2.90. The number of anilines is 1. The van der Waals surface area contributed by atoms with Crippen LogP contribution in [0.2, 0.25) is 0 Å². The van der Waals surface area contributed by atoms with Crippen molar-refractivity contribution in [1.82, 2.24) is 10.2 Å². The first kappa shape index (κ1) is 20.0. The van der Waals surface area contributed by atoms with Gasteiger partial charge in [-0.2, -0.15) is 0 Å². The number of amides is 1. The third kappa shape index (κ3) is 4.75. The molecule has 0 atom stereocenters. The molecule has 2 aromatic carbocycles. The molecule has 1 heterocycles.